The Kier molecular flexibility index (Phi) is 8.87. The lowest BCUT2D eigenvalue weighted by atomic mass is 9.83. The molecule has 0 unspecified atom stereocenters. The molecule has 0 aliphatic carbocycles. The van der Waals surface area contributed by atoms with E-state index in [1.807, 2.05) is 17.7 Å². The number of imidazole rings is 1. The van der Waals surface area contributed by atoms with E-state index in [0.29, 0.717) is 70.8 Å². The number of hydrogen-bond acceptors (Lipinski definition) is 6. The first-order valence-electron chi connectivity index (χ1n) is 18.5. The highest BCUT2D eigenvalue weighted by atomic mass is 19.1. The van der Waals surface area contributed by atoms with Gasteiger partial charge in [-0.1, -0.05) is 6.07 Å². The molecule has 6 aromatic rings. The maximum Gasteiger partial charge on any atom is 0.338 e. The minimum Gasteiger partial charge on any atom is -0.388 e. The Labute approximate surface area is 317 Å². The first-order valence-corrected chi connectivity index (χ1v) is 18.5. The largest absolute Gasteiger partial charge is 0.388 e. The quantitative estimate of drug-likeness (QED) is 0.169. The third-order valence-corrected chi connectivity index (χ3v) is 11.3. The monoisotopic (exact) mass is 746 g/mol. The van der Waals surface area contributed by atoms with Crippen LogP contribution in [-0.4, -0.2) is 66.3 Å². The molecule has 0 saturated carbocycles. The van der Waals surface area contributed by atoms with Gasteiger partial charge in [-0.2, -0.15) is 5.10 Å². The maximum atomic E-state index is 15.8. The van der Waals surface area contributed by atoms with Crippen molar-refractivity contribution >= 4 is 28.7 Å². The number of fused-ring (bicyclic) bond motifs is 2. The van der Waals surface area contributed by atoms with Crippen molar-refractivity contribution in [2.24, 2.45) is 7.05 Å². The Balaban J connectivity index is 1.20. The lowest BCUT2D eigenvalue weighted by Crippen LogP contribution is -2.37. The zero-order valence-electron chi connectivity index (χ0n) is 31.8. The molecule has 0 bridgehead atoms. The summed E-state index contributed by atoms with van der Waals surface area (Å²) in [5.74, 6) is -0.457. The van der Waals surface area contributed by atoms with E-state index in [0.717, 1.165) is 30.0 Å². The highest BCUT2D eigenvalue weighted by Gasteiger charge is 2.33. The molecule has 2 aliphatic rings. The van der Waals surface area contributed by atoms with E-state index in [1.165, 1.54) is 33.2 Å². The number of rotatable bonds is 7. The van der Waals surface area contributed by atoms with Gasteiger partial charge in [0.05, 0.1) is 34.8 Å². The zero-order valence-corrected chi connectivity index (χ0v) is 31.8. The van der Waals surface area contributed by atoms with E-state index in [2.05, 4.69) is 37.4 Å². The average molecular weight is 747 g/mol. The van der Waals surface area contributed by atoms with E-state index in [9.17, 15) is 14.0 Å². The lowest BCUT2D eigenvalue weighted by Gasteiger charge is -2.35. The van der Waals surface area contributed by atoms with Gasteiger partial charge in [0.1, 0.15) is 17.3 Å². The Morgan fingerprint density at radius 2 is 1.78 bits per heavy atom. The number of nitrogens with zero attached hydrogens (tertiary/aromatic N) is 6. The summed E-state index contributed by atoms with van der Waals surface area (Å²) in [6, 6.07) is 14.8. The number of carbonyl (C=O) groups is 1. The van der Waals surface area contributed by atoms with Crippen LogP contribution in [0.3, 0.4) is 0 Å². The summed E-state index contributed by atoms with van der Waals surface area (Å²) in [4.78, 5) is 30.5. The molecule has 284 valence electrons. The molecular weight excluding hydrogens is 703 g/mol. The van der Waals surface area contributed by atoms with Gasteiger partial charge in [0.2, 0.25) is 0 Å². The van der Waals surface area contributed by atoms with Crippen molar-refractivity contribution in [2.45, 2.75) is 65.0 Å². The Hall–Kier alpha value is -5.82. The maximum absolute atomic E-state index is 15.8. The highest BCUT2D eigenvalue weighted by molar-refractivity contribution is 5.99. The number of anilines is 1. The van der Waals surface area contributed by atoms with E-state index < -0.39 is 11.5 Å². The molecule has 2 aliphatic heterocycles. The van der Waals surface area contributed by atoms with Gasteiger partial charge >= 0.3 is 5.69 Å². The topological polar surface area (TPSA) is 115 Å². The van der Waals surface area contributed by atoms with Crippen LogP contribution in [0.5, 0.6) is 0 Å². The summed E-state index contributed by atoms with van der Waals surface area (Å²) in [5, 5.41) is 16.6. The molecule has 11 nitrogen and oxygen atoms in total. The van der Waals surface area contributed by atoms with Crippen LogP contribution in [0.15, 0.2) is 65.7 Å². The first-order chi connectivity index (χ1) is 26.3. The summed E-state index contributed by atoms with van der Waals surface area (Å²) >= 11 is 0. The SMILES string of the molecule is CNc1ccc(-n2ccn(-c3c4c(nn3-c3cc(C)c(F)c(C)c3)CCN(C(=O)c3cc5cc([C@H]6CCOC(C)(C)C6)ccc5n3C)C4)c2=O)c(F)c1C=N. The number of carbonyl (C=O) groups excluding carboxylic acids is 1. The Morgan fingerprint density at radius 1 is 1.04 bits per heavy atom. The fourth-order valence-corrected chi connectivity index (χ4v) is 8.36. The van der Waals surface area contributed by atoms with E-state index in [-0.39, 0.29) is 35.1 Å². The Bertz CT molecular complexity index is 2570. The molecule has 5 heterocycles. The van der Waals surface area contributed by atoms with Crippen molar-refractivity contribution in [3.63, 3.8) is 0 Å². The third-order valence-electron chi connectivity index (χ3n) is 11.3. The molecule has 8 rings (SSSR count). The van der Waals surface area contributed by atoms with Gasteiger partial charge in [0, 0.05) is 74.4 Å². The summed E-state index contributed by atoms with van der Waals surface area (Å²) < 4.78 is 42.7. The van der Waals surface area contributed by atoms with Crippen LogP contribution in [0.25, 0.3) is 28.1 Å². The number of aryl methyl sites for hydroxylation is 3. The van der Waals surface area contributed by atoms with Crippen molar-refractivity contribution < 1.29 is 18.3 Å². The second-order valence-corrected chi connectivity index (χ2v) is 15.3. The van der Waals surface area contributed by atoms with Crippen LogP contribution in [0, 0.1) is 30.9 Å². The number of aromatic nitrogens is 5. The van der Waals surface area contributed by atoms with Crippen LogP contribution < -0.4 is 11.0 Å². The van der Waals surface area contributed by atoms with Gasteiger partial charge in [0.25, 0.3) is 5.91 Å². The van der Waals surface area contributed by atoms with Gasteiger partial charge in [0.15, 0.2) is 5.82 Å². The van der Waals surface area contributed by atoms with Crippen molar-refractivity contribution in [3.8, 4) is 17.2 Å². The molecule has 1 atom stereocenters. The summed E-state index contributed by atoms with van der Waals surface area (Å²) in [6.07, 6.45) is 6.21. The minimum absolute atomic E-state index is 0.0191. The van der Waals surface area contributed by atoms with Crippen molar-refractivity contribution in [2.75, 3.05) is 25.5 Å². The molecular formula is C42H44F2N8O3. The molecule has 3 aromatic heterocycles. The predicted octanol–water partition coefficient (Wildman–Crippen LogP) is 7.11. The number of hydrogen-bond donors (Lipinski definition) is 2. The van der Waals surface area contributed by atoms with E-state index in [1.54, 1.807) is 48.7 Å². The van der Waals surface area contributed by atoms with Crippen LogP contribution in [0.1, 0.15) is 76.6 Å². The van der Waals surface area contributed by atoms with Crippen LogP contribution >= 0.6 is 0 Å². The standard InChI is InChI=1S/C42H44F2N8O3/c1-24-17-29(18-25(2)37(24)43)52-39(51-15-14-50(41(51)54)35-10-8-32(46-5)30(22-45)38(35)44)31-23-49(13-11-33(31)47-52)40(53)36-20-28-19-26(7-9-34(28)48(36)6)27-12-16-55-42(3,4)21-27/h7-10,14-15,17-20,22,27,45-46H,11-13,16,21,23H2,1-6H3/t27-/m0/s1. The van der Waals surface area contributed by atoms with E-state index in [4.69, 9.17) is 15.2 Å². The predicted molar refractivity (Wildman–Crippen MR) is 209 cm³/mol. The number of benzene rings is 3. The van der Waals surface area contributed by atoms with Crippen molar-refractivity contribution in [1.82, 2.24) is 28.4 Å². The normalized spacial score (nSPS) is 16.7. The molecule has 1 saturated heterocycles. The van der Waals surface area contributed by atoms with Crippen LogP contribution in [-0.2, 0) is 24.8 Å². The minimum atomic E-state index is -0.725. The molecule has 0 radical (unpaired) electrons. The van der Waals surface area contributed by atoms with Gasteiger partial charge in [-0.25, -0.2) is 18.3 Å². The molecule has 1 amide bonds. The smallest absolute Gasteiger partial charge is 0.338 e. The molecule has 1 fully saturated rings. The Morgan fingerprint density at radius 3 is 2.49 bits per heavy atom. The average Bonchev–Trinajstić information content (AvgIpc) is 3.84. The highest BCUT2D eigenvalue weighted by Crippen LogP contribution is 2.37. The summed E-state index contributed by atoms with van der Waals surface area (Å²) in [5.41, 5.74) is 5.15. The molecule has 13 heteroatoms. The molecule has 0 spiro atoms. The summed E-state index contributed by atoms with van der Waals surface area (Å²) in [7, 11) is 3.53. The molecule has 3 aromatic carbocycles. The second kappa shape index (κ2) is 13.5. The van der Waals surface area contributed by atoms with Gasteiger partial charge in [-0.3, -0.25) is 13.9 Å². The van der Waals surface area contributed by atoms with Gasteiger partial charge in [-0.05, 0) is 106 Å². The van der Waals surface area contributed by atoms with Crippen molar-refractivity contribution in [3.05, 3.63) is 122 Å². The fourth-order valence-electron chi connectivity index (χ4n) is 8.36. The number of nitrogens with one attached hydrogen (secondary N) is 2. The van der Waals surface area contributed by atoms with Crippen LogP contribution in [0.4, 0.5) is 14.5 Å². The molecule has 55 heavy (non-hydrogen) atoms. The molecule has 2 N–H and O–H groups in total. The van der Waals surface area contributed by atoms with Crippen molar-refractivity contribution in [1.29, 1.82) is 5.41 Å². The number of ether oxygens (including phenoxy) is 1. The van der Waals surface area contributed by atoms with Crippen LogP contribution in [0.2, 0.25) is 0 Å². The number of amides is 1. The fraction of sp³-hybridized carbons (Fsp3) is 0.333. The third kappa shape index (κ3) is 6.06. The number of halogens is 2. The van der Waals surface area contributed by atoms with Gasteiger partial charge in [-0.15, -0.1) is 0 Å². The first kappa shape index (κ1) is 36.2. The van der Waals surface area contributed by atoms with E-state index >= 15 is 4.39 Å². The lowest BCUT2D eigenvalue weighted by molar-refractivity contribution is -0.0592. The van der Waals surface area contributed by atoms with Gasteiger partial charge < -0.3 is 24.9 Å². The second-order valence-electron chi connectivity index (χ2n) is 15.3. The zero-order chi connectivity index (χ0) is 38.9. The summed E-state index contributed by atoms with van der Waals surface area (Å²) in [6.45, 7) is 8.88.